The topological polar surface area (TPSA) is 52.3 Å². The number of ether oxygens (including phenoxy) is 1. The zero-order valence-electron chi connectivity index (χ0n) is 6.72. The Kier molecular flexibility index (Phi) is 14.4. The summed E-state index contributed by atoms with van der Waals surface area (Å²) in [6.45, 7) is 5.79. The molecule has 4 heteroatoms. The van der Waals surface area contributed by atoms with Gasteiger partial charge in [0.2, 0.25) is 0 Å². The molecular formula is C6H15NO2S. The van der Waals surface area contributed by atoms with Crippen LogP contribution < -0.4 is 5.14 Å². The van der Waals surface area contributed by atoms with Gasteiger partial charge in [0, 0.05) is 12.7 Å². The Labute approximate surface area is 66.4 Å². The average Bonchev–Trinajstić information content (AvgIpc) is 1.92. The predicted molar refractivity (Wildman–Crippen MR) is 44.6 cm³/mol. The van der Waals surface area contributed by atoms with Crippen molar-refractivity contribution in [3.63, 3.8) is 0 Å². The molecule has 2 N–H and O–H groups in total. The minimum Gasteiger partial charge on any atom is -0.465 e. The first-order chi connectivity index (χ1) is 4.77. The summed E-state index contributed by atoms with van der Waals surface area (Å²) >= 11 is 1.17. The second kappa shape index (κ2) is 11.6. The van der Waals surface area contributed by atoms with E-state index >= 15 is 0 Å². The molecule has 0 aromatic rings. The molecule has 0 spiro atoms. The number of carbonyl (C=O) groups excluding carboxylic acids is 1. The van der Waals surface area contributed by atoms with Gasteiger partial charge >= 0.3 is 5.97 Å². The van der Waals surface area contributed by atoms with Crippen LogP contribution in [0.25, 0.3) is 0 Å². The highest BCUT2D eigenvalue weighted by Gasteiger charge is 1.88. The van der Waals surface area contributed by atoms with Crippen molar-refractivity contribution < 1.29 is 9.53 Å². The molecule has 0 aliphatic heterocycles. The lowest BCUT2D eigenvalue weighted by atomic mass is 10.8. The Bertz CT molecular complexity index is 78.1. The Morgan fingerprint density at radius 3 is 2.40 bits per heavy atom. The predicted octanol–water partition coefficient (Wildman–Crippen LogP) is 1.18. The number of carbonyl (C=O) groups is 1. The number of nitrogens with two attached hydrogens (primary N) is 1. The fourth-order valence-electron chi connectivity index (χ4n) is 0.234. The van der Waals surface area contributed by atoms with E-state index in [-0.39, 0.29) is 5.97 Å². The average molecular weight is 165 g/mol. The second-order valence-electron chi connectivity index (χ2n) is 1.21. The van der Waals surface area contributed by atoms with E-state index in [1.165, 1.54) is 18.9 Å². The van der Waals surface area contributed by atoms with Gasteiger partial charge in [-0.2, -0.15) is 0 Å². The third-order valence-corrected chi connectivity index (χ3v) is 0.909. The van der Waals surface area contributed by atoms with E-state index in [4.69, 9.17) is 5.14 Å². The van der Waals surface area contributed by atoms with Crippen LogP contribution in [0.5, 0.6) is 0 Å². The van der Waals surface area contributed by atoms with Crippen molar-refractivity contribution >= 4 is 17.9 Å². The monoisotopic (exact) mass is 165 g/mol. The molecule has 3 nitrogen and oxygen atoms in total. The Hall–Kier alpha value is -0.220. The molecular weight excluding hydrogens is 150 g/mol. The summed E-state index contributed by atoms with van der Waals surface area (Å²) in [5.41, 5.74) is 0. The van der Waals surface area contributed by atoms with Crippen LogP contribution >= 0.6 is 11.9 Å². The third-order valence-electron chi connectivity index (χ3n) is 0.507. The zero-order chi connectivity index (χ0) is 8.41. The van der Waals surface area contributed by atoms with Gasteiger partial charge in [-0.15, -0.1) is 0 Å². The van der Waals surface area contributed by atoms with Crippen LogP contribution in [0.1, 0.15) is 20.8 Å². The van der Waals surface area contributed by atoms with Crippen LogP contribution in [0, 0.1) is 0 Å². The highest BCUT2D eigenvalue weighted by Crippen LogP contribution is 1.85. The van der Waals surface area contributed by atoms with Crippen molar-refractivity contribution in [2.45, 2.75) is 20.8 Å². The first-order valence-corrected chi connectivity index (χ1v) is 4.27. The van der Waals surface area contributed by atoms with Gasteiger partial charge in [-0.3, -0.25) is 9.93 Å². The molecule has 0 amide bonds. The first kappa shape index (κ1) is 12.5. The van der Waals surface area contributed by atoms with Crippen molar-refractivity contribution in [2.75, 3.05) is 12.4 Å². The zero-order valence-corrected chi connectivity index (χ0v) is 7.53. The van der Waals surface area contributed by atoms with Crippen LogP contribution in [0.2, 0.25) is 0 Å². The van der Waals surface area contributed by atoms with Crippen molar-refractivity contribution in [3.05, 3.63) is 0 Å². The Morgan fingerprint density at radius 2 is 2.10 bits per heavy atom. The van der Waals surface area contributed by atoms with Gasteiger partial charge in [0.15, 0.2) is 0 Å². The Balaban J connectivity index is 0. The summed E-state index contributed by atoms with van der Waals surface area (Å²) in [6, 6.07) is 0. The lowest BCUT2D eigenvalue weighted by Gasteiger charge is -1.96. The summed E-state index contributed by atoms with van der Waals surface area (Å²) in [5.74, 6) is 0.415. The molecule has 0 bridgehead atoms. The molecule has 0 rings (SSSR count). The maximum absolute atomic E-state index is 10.0. The molecule has 0 aromatic heterocycles. The molecule has 0 aliphatic rings. The summed E-state index contributed by atoms with van der Waals surface area (Å²) in [5, 5.41) is 5.04. The summed E-state index contributed by atoms with van der Waals surface area (Å²) in [6.07, 6.45) is 0. The quantitative estimate of drug-likeness (QED) is 0.387. The fraction of sp³-hybridized carbons (Fsp3) is 0.833. The van der Waals surface area contributed by atoms with Gasteiger partial charge in [-0.1, -0.05) is 25.8 Å². The number of rotatable bonds is 3. The molecule has 0 aromatic carbocycles. The highest BCUT2D eigenvalue weighted by atomic mass is 32.2. The van der Waals surface area contributed by atoms with Gasteiger partial charge in [0.05, 0.1) is 0 Å². The maximum atomic E-state index is 10.0. The highest BCUT2D eigenvalue weighted by molar-refractivity contribution is 7.97. The van der Waals surface area contributed by atoms with Gasteiger partial charge in [0.25, 0.3) is 0 Å². The van der Waals surface area contributed by atoms with Crippen LogP contribution in [-0.2, 0) is 9.53 Å². The molecule has 0 heterocycles. The SMILES string of the molecule is CC.CC(=O)OCCSN. The van der Waals surface area contributed by atoms with Crippen molar-refractivity contribution in [2.24, 2.45) is 5.14 Å². The fourth-order valence-corrected chi connectivity index (χ4v) is 0.413. The van der Waals surface area contributed by atoms with Gasteiger partial charge < -0.3 is 4.74 Å². The van der Waals surface area contributed by atoms with E-state index < -0.39 is 0 Å². The maximum Gasteiger partial charge on any atom is 0.302 e. The minimum atomic E-state index is -0.251. The van der Waals surface area contributed by atoms with E-state index in [1.54, 1.807) is 0 Å². The van der Waals surface area contributed by atoms with Crippen molar-refractivity contribution in [1.29, 1.82) is 0 Å². The van der Waals surface area contributed by atoms with E-state index in [0.29, 0.717) is 12.4 Å². The Morgan fingerprint density at radius 1 is 1.60 bits per heavy atom. The summed E-state index contributed by atoms with van der Waals surface area (Å²) in [4.78, 5) is 10.0. The normalized spacial score (nSPS) is 7.60. The van der Waals surface area contributed by atoms with Gasteiger partial charge in [-0.25, -0.2) is 0 Å². The van der Waals surface area contributed by atoms with Crippen molar-refractivity contribution in [1.82, 2.24) is 0 Å². The molecule has 0 saturated carbocycles. The summed E-state index contributed by atoms with van der Waals surface area (Å²) in [7, 11) is 0. The van der Waals surface area contributed by atoms with E-state index in [9.17, 15) is 4.79 Å². The smallest absolute Gasteiger partial charge is 0.302 e. The minimum absolute atomic E-state index is 0.251. The number of esters is 1. The molecule has 0 saturated heterocycles. The van der Waals surface area contributed by atoms with E-state index in [0.717, 1.165) is 0 Å². The molecule has 10 heavy (non-hydrogen) atoms. The lowest BCUT2D eigenvalue weighted by Crippen LogP contribution is -2.03. The van der Waals surface area contributed by atoms with Gasteiger partial charge in [-0.05, 0) is 0 Å². The number of hydrogen-bond donors (Lipinski definition) is 1. The molecule has 0 fully saturated rings. The second-order valence-corrected chi connectivity index (χ2v) is 1.95. The molecule has 0 aliphatic carbocycles. The molecule has 0 radical (unpaired) electrons. The third kappa shape index (κ3) is 15.7. The summed E-state index contributed by atoms with van der Waals surface area (Å²) < 4.78 is 4.54. The van der Waals surface area contributed by atoms with Crippen LogP contribution in [0.3, 0.4) is 0 Å². The standard InChI is InChI=1S/C4H9NO2S.C2H6/c1-4(6)7-2-3-8-5;1-2/h2-3,5H2,1H3;1-2H3. The van der Waals surface area contributed by atoms with E-state index in [1.807, 2.05) is 13.8 Å². The molecule has 62 valence electrons. The van der Waals surface area contributed by atoms with Gasteiger partial charge in [0.1, 0.15) is 6.61 Å². The molecule has 0 unspecified atom stereocenters. The van der Waals surface area contributed by atoms with E-state index in [2.05, 4.69) is 4.74 Å². The molecule has 0 atom stereocenters. The lowest BCUT2D eigenvalue weighted by molar-refractivity contribution is -0.140. The first-order valence-electron chi connectivity index (χ1n) is 3.22. The number of hydrogen-bond acceptors (Lipinski definition) is 4. The van der Waals surface area contributed by atoms with Crippen molar-refractivity contribution in [3.8, 4) is 0 Å². The van der Waals surface area contributed by atoms with Crippen LogP contribution in [0.4, 0.5) is 0 Å². The van der Waals surface area contributed by atoms with Crippen LogP contribution in [0.15, 0.2) is 0 Å². The largest absolute Gasteiger partial charge is 0.465 e. The van der Waals surface area contributed by atoms with Crippen LogP contribution in [-0.4, -0.2) is 18.3 Å².